The molecule has 3 aromatic rings. The molecule has 0 amide bonds. The Morgan fingerprint density at radius 2 is 0.812 bits per heavy atom. The minimum atomic E-state index is -0.294. The molecule has 0 heterocycles. The molecule has 0 radical (unpaired) electrons. The second kappa shape index (κ2) is 10.8. The van der Waals surface area contributed by atoms with Crippen LogP contribution in [0, 0.1) is 0 Å². The Hall–Kier alpha value is -3.40. The van der Waals surface area contributed by atoms with E-state index in [0.717, 1.165) is 35.1 Å². The van der Waals surface area contributed by atoms with Gasteiger partial charge in [0.05, 0.1) is 23.3 Å². The standard InChI is InChI=1S/C28H30O4/c1-5-19(3)31-27(29)25-15-11-23(12-16-25)21-7-9-22(10-8-21)24-13-17-26(18-14-24)28(30)32-20(4)6-2/h7-20H,5-6H2,1-4H3/t19-,20-/m1/s1. The summed E-state index contributed by atoms with van der Waals surface area (Å²) < 4.78 is 10.8. The molecule has 0 spiro atoms. The van der Waals surface area contributed by atoms with E-state index in [2.05, 4.69) is 0 Å². The van der Waals surface area contributed by atoms with E-state index in [1.165, 1.54) is 0 Å². The predicted molar refractivity (Wildman–Crippen MR) is 128 cm³/mol. The number of carbonyl (C=O) groups excluding carboxylic acids is 2. The zero-order valence-electron chi connectivity index (χ0n) is 19.1. The molecule has 4 nitrogen and oxygen atoms in total. The summed E-state index contributed by atoms with van der Waals surface area (Å²) in [4.78, 5) is 24.3. The topological polar surface area (TPSA) is 52.6 Å². The lowest BCUT2D eigenvalue weighted by Crippen LogP contribution is -2.13. The molecule has 0 saturated carbocycles. The lowest BCUT2D eigenvalue weighted by atomic mass is 9.99. The van der Waals surface area contributed by atoms with E-state index in [1.807, 2.05) is 76.2 Å². The van der Waals surface area contributed by atoms with Crippen molar-refractivity contribution in [1.82, 2.24) is 0 Å². The molecule has 0 bridgehead atoms. The molecule has 0 aliphatic heterocycles. The average Bonchev–Trinajstić information content (AvgIpc) is 2.84. The molecule has 3 aromatic carbocycles. The molecule has 32 heavy (non-hydrogen) atoms. The Balaban J connectivity index is 1.68. The quantitative estimate of drug-likeness (QED) is 0.364. The first-order chi connectivity index (χ1) is 15.4. The van der Waals surface area contributed by atoms with Crippen LogP contribution in [-0.4, -0.2) is 24.1 Å². The first-order valence-electron chi connectivity index (χ1n) is 11.1. The van der Waals surface area contributed by atoms with E-state index in [-0.39, 0.29) is 24.1 Å². The molecule has 2 atom stereocenters. The van der Waals surface area contributed by atoms with Gasteiger partial charge in [-0.15, -0.1) is 0 Å². The predicted octanol–water partition coefficient (Wildman–Crippen LogP) is 6.93. The van der Waals surface area contributed by atoms with Gasteiger partial charge in [0.15, 0.2) is 0 Å². The van der Waals surface area contributed by atoms with Crippen molar-refractivity contribution in [2.24, 2.45) is 0 Å². The van der Waals surface area contributed by atoms with Crippen LogP contribution >= 0.6 is 0 Å². The highest BCUT2D eigenvalue weighted by Gasteiger charge is 2.12. The third kappa shape index (κ3) is 5.85. The fourth-order valence-electron chi connectivity index (χ4n) is 3.12. The van der Waals surface area contributed by atoms with E-state index >= 15 is 0 Å². The molecule has 0 fully saturated rings. The summed E-state index contributed by atoms with van der Waals surface area (Å²) >= 11 is 0. The van der Waals surface area contributed by atoms with Crippen LogP contribution in [0.2, 0.25) is 0 Å². The van der Waals surface area contributed by atoms with Gasteiger partial charge < -0.3 is 9.47 Å². The average molecular weight is 431 g/mol. The third-order valence-corrected chi connectivity index (χ3v) is 5.56. The van der Waals surface area contributed by atoms with Gasteiger partial charge in [-0.25, -0.2) is 9.59 Å². The summed E-state index contributed by atoms with van der Waals surface area (Å²) in [5.41, 5.74) is 5.28. The summed E-state index contributed by atoms with van der Waals surface area (Å²) in [5.74, 6) is -0.588. The Bertz CT molecular complexity index is 948. The van der Waals surface area contributed by atoms with Gasteiger partial charge in [-0.3, -0.25) is 0 Å². The van der Waals surface area contributed by atoms with Crippen LogP contribution < -0.4 is 0 Å². The highest BCUT2D eigenvalue weighted by Crippen LogP contribution is 2.26. The number of carbonyl (C=O) groups is 2. The van der Waals surface area contributed by atoms with Gasteiger partial charge in [-0.05, 0) is 73.2 Å². The molecular formula is C28H30O4. The van der Waals surface area contributed by atoms with E-state index in [9.17, 15) is 9.59 Å². The Morgan fingerprint density at radius 1 is 0.562 bits per heavy atom. The lowest BCUT2D eigenvalue weighted by Gasteiger charge is -2.11. The van der Waals surface area contributed by atoms with Crippen molar-refractivity contribution >= 4 is 11.9 Å². The first kappa shape index (κ1) is 23.3. The first-order valence-corrected chi connectivity index (χ1v) is 11.1. The molecular weight excluding hydrogens is 400 g/mol. The second-order valence-electron chi connectivity index (χ2n) is 7.98. The summed E-state index contributed by atoms with van der Waals surface area (Å²) in [7, 11) is 0. The van der Waals surface area contributed by atoms with Crippen LogP contribution in [0.25, 0.3) is 22.3 Å². The third-order valence-electron chi connectivity index (χ3n) is 5.56. The number of hydrogen-bond acceptors (Lipinski definition) is 4. The number of rotatable bonds is 8. The van der Waals surface area contributed by atoms with Crippen LogP contribution in [0.5, 0.6) is 0 Å². The van der Waals surface area contributed by atoms with Crippen molar-refractivity contribution in [1.29, 1.82) is 0 Å². The van der Waals surface area contributed by atoms with Gasteiger partial charge in [0, 0.05) is 0 Å². The molecule has 0 unspecified atom stereocenters. The van der Waals surface area contributed by atoms with Crippen molar-refractivity contribution in [3.05, 3.63) is 83.9 Å². The van der Waals surface area contributed by atoms with Gasteiger partial charge >= 0.3 is 11.9 Å². The maximum atomic E-state index is 12.1. The van der Waals surface area contributed by atoms with Crippen LogP contribution in [-0.2, 0) is 9.47 Å². The number of esters is 2. The fourth-order valence-corrected chi connectivity index (χ4v) is 3.12. The normalized spacial score (nSPS) is 12.6. The van der Waals surface area contributed by atoms with Crippen molar-refractivity contribution in [3.8, 4) is 22.3 Å². The van der Waals surface area contributed by atoms with Gasteiger partial charge in [-0.1, -0.05) is 62.4 Å². The second-order valence-corrected chi connectivity index (χ2v) is 7.98. The lowest BCUT2D eigenvalue weighted by molar-refractivity contribution is 0.0324. The Morgan fingerprint density at radius 3 is 1.06 bits per heavy atom. The maximum Gasteiger partial charge on any atom is 0.338 e. The SMILES string of the molecule is CC[C@@H](C)OC(=O)c1ccc(-c2ccc(-c3ccc(C(=O)O[C@H](C)CC)cc3)cc2)cc1. The van der Waals surface area contributed by atoms with E-state index in [0.29, 0.717) is 11.1 Å². The molecule has 0 aromatic heterocycles. The summed E-state index contributed by atoms with van der Waals surface area (Å²) in [6.07, 6.45) is 1.41. The van der Waals surface area contributed by atoms with Crippen LogP contribution in [0.1, 0.15) is 61.3 Å². The van der Waals surface area contributed by atoms with Gasteiger partial charge in [-0.2, -0.15) is 0 Å². The Kier molecular flexibility index (Phi) is 7.82. The molecule has 0 saturated heterocycles. The van der Waals surface area contributed by atoms with E-state index < -0.39 is 0 Å². The zero-order chi connectivity index (χ0) is 23.1. The monoisotopic (exact) mass is 430 g/mol. The molecule has 0 N–H and O–H groups in total. The number of ether oxygens (including phenoxy) is 2. The summed E-state index contributed by atoms with van der Waals surface area (Å²) in [6.45, 7) is 7.75. The van der Waals surface area contributed by atoms with Crippen molar-refractivity contribution in [3.63, 3.8) is 0 Å². The van der Waals surface area contributed by atoms with E-state index in [4.69, 9.17) is 9.47 Å². The molecule has 166 valence electrons. The number of hydrogen-bond donors (Lipinski definition) is 0. The van der Waals surface area contributed by atoms with Crippen LogP contribution in [0.4, 0.5) is 0 Å². The van der Waals surface area contributed by atoms with Crippen molar-refractivity contribution in [2.75, 3.05) is 0 Å². The minimum Gasteiger partial charge on any atom is -0.459 e. The van der Waals surface area contributed by atoms with Gasteiger partial charge in [0.1, 0.15) is 0 Å². The molecule has 0 aliphatic carbocycles. The summed E-state index contributed by atoms with van der Waals surface area (Å²) in [6, 6.07) is 23.1. The smallest absolute Gasteiger partial charge is 0.338 e. The van der Waals surface area contributed by atoms with Crippen molar-refractivity contribution in [2.45, 2.75) is 52.7 Å². The van der Waals surface area contributed by atoms with Crippen LogP contribution in [0.15, 0.2) is 72.8 Å². The zero-order valence-corrected chi connectivity index (χ0v) is 19.1. The number of benzene rings is 3. The highest BCUT2D eigenvalue weighted by molar-refractivity contribution is 5.91. The highest BCUT2D eigenvalue weighted by atomic mass is 16.5. The van der Waals surface area contributed by atoms with Crippen LogP contribution in [0.3, 0.4) is 0 Å². The minimum absolute atomic E-state index is 0.0886. The molecule has 0 aliphatic rings. The summed E-state index contributed by atoms with van der Waals surface area (Å²) in [5, 5.41) is 0. The largest absolute Gasteiger partial charge is 0.459 e. The Labute approximate surface area is 190 Å². The fraction of sp³-hybridized carbons (Fsp3) is 0.286. The molecule has 3 rings (SSSR count). The molecule has 4 heteroatoms. The van der Waals surface area contributed by atoms with E-state index in [1.54, 1.807) is 24.3 Å². The van der Waals surface area contributed by atoms with Gasteiger partial charge in [0.2, 0.25) is 0 Å². The van der Waals surface area contributed by atoms with Crippen molar-refractivity contribution < 1.29 is 19.1 Å². The van der Waals surface area contributed by atoms with Gasteiger partial charge in [0.25, 0.3) is 0 Å². The maximum absolute atomic E-state index is 12.1.